The van der Waals surface area contributed by atoms with Crippen molar-refractivity contribution in [1.82, 2.24) is 0 Å². The molecular weight excluding hydrogens is 322 g/mol. The summed E-state index contributed by atoms with van der Waals surface area (Å²) in [5.41, 5.74) is 0. The van der Waals surface area contributed by atoms with E-state index in [1.54, 1.807) is 36.5 Å². The van der Waals surface area contributed by atoms with Gasteiger partial charge in [0, 0.05) is 6.42 Å². The molecule has 2 atom stereocenters. The number of aliphatic hydroxyl groups is 4. The Kier molecular flexibility index (Phi) is 14.2. The monoisotopic (exact) mass is 356 g/mol. The molecule has 0 bridgehead atoms. The smallest absolute Gasteiger partial charge is 0.132 e. The molecule has 0 saturated carbocycles. The first-order valence-electron chi connectivity index (χ1n) is 8.80. The van der Waals surface area contributed by atoms with Crippen molar-refractivity contribution in [3.8, 4) is 0 Å². The van der Waals surface area contributed by atoms with Crippen LogP contribution in [0.3, 0.4) is 0 Å². The second-order valence-electron chi connectivity index (χ2n) is 5.91. The molecule has 6 heteroatoms. The van der Waals surface area contributed by atoms with Crippen LogP contribution in [0.1, 0.15) is 26.2 Å². The molecule has 0 amide bonds. The minimum Gasteiger partial charge on any atom is -0.390 e. The summed E-state index contributed by atoms with van der Waals surface area (Å²) in [5.74, 6) is 0. The summed E-state index contributed by atoms with van der Waals surface area (Å²) in [6.45, 7) is 2.17. The number of quaternary nitrogens is 1. The Morgan fingerprint density at radius 1 is 0.800 bits per heavy atom. The van der Waals surface area contributed by atoms with E-state index in [4.69, 9.17) is 10.2 Å². The third-order valence-electron chi connectivity index (χ3n) is 3.65. The lowest BCUT2D eigenvalue weighted by atomic mass is 10.2. The standard InChI is InChI=1S/C19H34NO5/c1-2-3-6-9-18(23)10-7-4-5-8-11-19(24)12-13-20(25,14-16-21)15-17-22/h3-8,10-11,18-19,21-25H,2,9,12-17H2,1H3/q+1/b5-4-,6-3-,10-7+,11-8+/t18-,19+/m0/s1. The van der Waals surface area contributed by atoms with E-state index in [1.807, 2.05) is 19.1 Å². The van der Waals surface area contributed by atoms with E-state index < -0.39 is 16.9 Å². The number of hydroxylamine groups is 3. The Morgan fingerprint density at radius 3 is 1.88 bits per heavy atom. The number of nitrogens with zero attached hydrogens (tertiary/aromatic N) is 1. The zero-order chi connectivity index (χ0) is 19.0. The van der Waals surface area contributed by atoms with Gasteiger partial charge in [0.15, 0.2) is 0 Å². The molecule has 0 aromatic rings. The van der Waals surface area contributed by atoms with E-state index in [0.717, 1.165) is 6.42 Å². The van der Waals surface area contributed by atoms with Gasteiger partial charge in [-0.3, -0.25) is 0 Å². The van der Waals surface area contributed by atoms with Crippen molar-refractivity contribution < 1.29 is 30.3 Å². The normalized spacial score (nSPS) is 15.9. The van der Waals surface area contributed by atoms with Gasteiger partial charge in [-0.15, -0.1) is 0 Å². The molecule has 0 aliphatic heterocycles. The fraction of sp³-hybridized carbons (Fsp3) is 0.579. The largest absolute Gasteiger partial charge is 0.390 e. The van der Waals surface area contributed by atoms with Crippen molar-refractivity contribution in [3.05, 3.63) is 48.6 Å². The topological polar surface area (TPSA) is 101 Å². The van der Waals surface area contributed by atoms with Gasteiger partial charge in [0.1, 0.15) is 19.6 Å². The van der Waals surface area contributed by atoms with Crippen LogP contribution in [-0.4, -0.2) is 75.3 Å². The van der Waals surface area contributed by atoms with Crippen molar-refractivity contribution in [1.29, 1.82) is 0 Å². The van der Waals surface area contributed by atoms with E-state index in [2.05, 4.69) is 0 Å². The fourth-order valence-electron chi connectivity index (χ4n) is 2.17. The van der Waals surface area contributed by atoms with Gasteiger partial charge >= 0.3 is 0 Å². The summed E-state index contributed by atoms with van der Waals surface area (Å²) in [6.07, 6.45) is 14.9. The van der Waals surface area contributed by atoms with Crippen LogP contribution in [0.4, 0.5) is 0 Å². The molecule has 0 aromatic carbocycles. The summed E-state index contributed by atoms with van der Waals surface area (Å²) >= 11 is 0. The molecular formula is C19H34NO5+. The maximum absolute atomic E-state index is 10.2. The predicted octanol–water partition coefficient (Wildman–Crippen LogP) is 1.31. The third-order valence-corrected chi connectivity index (χ3v) is 3.65. The summed E-state index contributed by atoms with van der Waals surface area (Å²) in [6, 6.07) is 0. The van der Waals surface area contributed by atoms with E-state index in [0.29, 0.717) is 12.8 Å². The Bertz CT molecular complexity index is 426. The molecule has 25 heavy (non-hydrogen) atoms. The molecule has 0 radical (unpaired) electrons. The van der Waals surface area contributed by atoms with Gasteiger partial charge < -0.3 is 20.4 Å². The second kappa shape index (κ2) is 15.0. The number of aliphatic hydroxyl groups excluding tert-OH is 4. The lowest BCUT2D eigenvalue weighted by Gasteiger charge is -2.29. The highest BCUT2D eigenvalue weighted by molar-refractivity contribution is 5.13. The highest BCUT2D eigenvalue weighted by Gasteiger charge is 2.24. The zero-order valence-electron chi connectivity index (χ0n) is 15.1. The van der Waals surface area contributed by atoms with Crippen LogP contribution in [0.2, 0.25) is 0 Å². The average Bonchev–Trinajstić information content (AvgIpc) is 2.57. The molecule has 0 aromatic heterocycles. The fourth-order valence-corrected chi connectivity index (χ4v) is 2.17. The van der Waals surface area contributed by atoms with Gasteiger partial charge in [-0.2, -0.15) is 4.65 Å². The first-order chi connectivity index (χ1) is 12.0. The molecule has 0 saturated heterocycles. The van der Waals surface area contributed by atoms with Gasteiger partial charge in [0.2, 0.25) is 0 Å². The number of hydrogen-bond donors (Lipinski definition) is 5. The third kappa shape index (κ3) is 13.7. The lowest BCUT2D eigenvalue weighted by molar-refractivity contribution is -1.10. The van der Waals surface area contributed by atoms with Gasteiger partial charge in [-0.1, -0.05) is 55.5 Å². The number of hydrogen-bond acceptors (Lipinski definition) is 5. The van der Waals surface area contributed by atoms with E-state index >= 15 is 0 Å². The molecule has 6 nitrogen and oxygen atoms in total. The Balaban J connectivity index is 4.16. The minimum atomic E-state index is -0.722. The van der Waals surface area contributed by atoms with Crippen LogP contribution >= 0.6 is 0 Å². The van der Waals surface area contributed by atoms with Gasteiger partial charge in [0.05, 0.1) is 25.4 Å². The summed E-state index contributed by atoms with van der Waals surface area (Å²) in [5, 5.41) is 47.6. The van der Waals surface area contributed by atoms with Gasteiger partial charge in [-0.25, -0.2) is 5.21 Å². The maximum Gasteiger partial charge on any atom is 0.132 e. The average molecular weight is 356 g/mol. The molecule has 0 heterocycles. The van der Waals surface area contributed by atoms with Gasteiger partial charge in [0.25, 0.3) is 0 Å². The Hall–Kier alpha value is -1.28. The molecule has 0 rings (SSSR count). The van der Waals surface area contributed by atoms with E-state index in [-0.39, 0.29) is 32.8 Å². The highest BCUT2D eigenvalue weighted by Crippen LogP contribution is 2.06. The minimum absolute atomic E-state index is 0.122. The van der Waals surface area contributed by atoms with E-state index in [9.17, 15) is 15.4 Å². The SMILES string of the molecule is CC/C=C\C[C@H](O)/C=C/C=C\C=C\[C@@H](O)CC[N+](O)(CCO)CCO. The molecule has 0 spiro atoms. The van der Waals surface area contributed by atoms with Crippen molar-refractivity contribution in [2.45, 2.75) is 38.4 Å². The predicted molar refractivity (Wildman–Crippen MR) is 98.9 cm³/mol. The summed E-state index contributed by atoms with van der Waals surface area (Å²) in [4.78, 5) is 0. The second-order valence-corrected chi connectivity index (χ2v) is 5.91. The van der Waals surface area contributed by atoms with Crippen LogP contribution in [0, 0.1) is 0 Å². The molecule has 0 fully saturated rings. The van der Waals surface area contributed by atoms with Crippen LogP contribution in [0.15, 0.2) is 48.6 Å². The zero-order valence-corrected chi connectivity index (χ0v) is 15.1. The van der Waals surface area contributed by atoms with Gasteiger partial charge in [-0.05, 0) is 12.8 Å². The number of allylic oxidation sites excluding steroid dienone is 5. The Labute approximate surface area is 150 Å². The molecule has 0 aliphatic carbocycles. The molecule has 0 unspecified atom stereocenters. The van der Waals surface area contributed by atoms with Crippen LogP contribution in [0.5, 0.6) is 0 Å². The summed E-state index contributed by atoms with van der Waals surface area (Å²) < 4.78 is -0.457. The van der Waals surface area contributed by atoms with Crippen LogP contribution < -0.4 is 0 Å². The molecule has 5 N–H and O–H groups in total. The van der Waals surface area contributed by atoms with Crippen molar-refractivity contribution in [2.24, 2.45) is 0 Å². The first-order valence-corrected chi connectivity index (χ1v) is 8.80. The maximum atomic E-state index is 10.2. The quantitative estimate of drug-likeness (QED) is 0.140. The molecule has 0 aliphatic rings. The Morgan fingerprint density at radius 2 is 1.36 bits per heavy atom. The lowest BCUT2D eigenvalue weighted by Crippen LogP contribution is -2.50. The van der Waals surface area contributed by atoms with Crippen molar-refractivity contribution in [2.75, 3.05) is 32.8 Å². The van der Waals surface area contributed by atoms with E-state index in [1.165, 1.54) is 0 Å². The summed E-state index contributed by atoms with van der Waals surface area (Å²) in [7, 11) is 0. The van der Waals surface area contributed by atoms with Crippen molar-refractivity contribution >= 4 is 0 Å². The molecule has 144 valence electrons. The van der Waals surface area contributed by atoms with Crippen LogP contribution in [-0.2, 0) is 0 Å². The number of rotatable bonds is 14. The van der Waals surface area contributed by atoms with Crippen molar-refractivity contribution in [3.63, 3.8) is 0 Å². The highest BCUT2D eigenvalue weighted by atomic mass is 16.5. The first kappa shape index (κ1) is 23.7. The van der Waals surface area contributed by atoms with Crippen LogP contribution in [0.25, 0.3) is 0 Å².